The van der Waals surface area contributed by atoms with Gasteiger partial charge in [-0.05, 0) is 24.6 Å². The minimum atomic E-state index is -0.386. The van der Waals surface area contributed by atoms with Crippen LogP contribution >= 0.6 is 0 Å². The van der Waals surface area contributed by atoms with Crippen LogP contribution in [-0.4, -0.2) is 16.3 Å². The lowest BCUT2D eigenvalue weighted by atomic mass is 10.1. The molecule has 80 valence electrons. The molecule has 0 bridgehead atoms. The van der Waals surface area contributed by atoms with E-state index >= 15 is 0 Å². The first-order valence-electron chi connectivity index (χ1n) is 4.76. The molecule has 2 rings (SSSR count). The van der Waals surface area contributed by atoms with Gasteiger partial charge in [0.2, 0.25) is 0 Å². The fourth-order valence-corrected chi connectivity index (χ4v) is 1.47. The van der Waals surface area contributed by atoms with Crippen molar-refractivity contribution in [2.75, 3.05) is 0 Å². The maximum atomic E-state index is 13.6. The number of hydrogen-bond donors (Lipinski definition) is 0. The van der Waals surface area contributed by atoms with E-state index in [0.29, 0.717) is 11.8 Å². The largest absolute Gasteiger partial charge is 0.296 e. The molecule has 16 heavy (non-hydrogen) atoms. The minimum Gasteiger partial charge on any atom is -0.296 e. The summed E-state index contributed by atoms with van der Waals surface area (Å²) >= 11 is 0. The maximum Gasteiger partial charge on any atom is 0.168 e. The predicted octanol–water partition coefficient (Wildman–Crippen LogP) is 2.40. The van der Waals surface area contributed by atoms with E-state index in [4.69, 9.17) is 0 Å². The van der Waals surface area contributed by atoms with Gasteiger partial charge in [0.1, 0.15) is 11.5 Å². The molecule has 0 unspecified atom stereocenters. The van der Waals surface area contributed by atoms with Gasteiger partial charge >= 0.3 is 0 Å². The molecule has 0 radical (unpaired) electrons. The molecule has 0 spiro atoms. The molecular formula is C12H9FN2O. The van der Waals surface area contributed by atoms with Crippen molar-refractivity contribution in [1.29, 1.82) is 0 Å². The molecule has 0 saturated heterocycles. The van der Waals surface area contributed by atoms with E-state index in [1.165, 1.54) is 18.3 Å². The zero-order valence-electron chi connectivity index (χ0n) is 8.64. The lowest BCUT2D eigenvalue weighted by Gasteiger charge is -2.05. The van der Waals surface area contributed by atoms with Crippen LogP contribution in [0.2, 0.25) is 0 Å². The second kappa shape index (κ2) is 4.18. The van der Waals surface area contributed by atoms with Gasteiger partial charge in [-0.25, -0.2) is 14.4 Å². The van der Waals surface area contributed by atoms with Gasteiger partial charge in [0.25, 0.3) is 0 Å². The molecule has 3 nitrogen and oxygen atoms in total. The summed E-state index contributed by atoms with van der Waals surface area (Å²) in [7, 11) is 0. The molecule has 0 saturated carbocycles. The Kier molecular flexibility index (Phi) is 2.72. The molecule has 0 aliphatic heterocycles. The summed E-state index contributed by atoms with van der Waals surface area (Å²) in [5.74, 6) is -0.150. The predicted molar refractivity (Wildman–Crippen MR) is 57.6 cm³/mol. The van der Waals surface area contributed by atoms with Crippen LogP contribution in [0.3, 0.4) is 0 Å². The smallest absolute Gasteiger partial charge is 0.168 e. The normalized spacial score (nSPS) is 10.1. The highest BCUT2D eigenvalue weighted by molar-refractivity contribution is 5.73. The Hall–Kier alpha value is -2.10. The van der Waals surface area contributed by atoms with Crippen LogP contribution in [-0.2, 0) is 0 Å². The van der Waals surface area contributed by atoms with Crippen LogP contribution < -0.4 is 0 Å². The Morgan fingerprint density at radius 2 is 2.12 bits per heavy atom. The van der Waals surface area contributed by atoms with E-state index < -0.39 is 0 Å². The Bertz CT molecular complexity index is 520. The Morgan fingerprint density at radius 3 is 2.81 bits per heavy atom. The van der Waals surface area contributed by atoms with Crippen LogP contribution in [0.25, 0.3) is 11.4 Å². The zero-order chi connectivity index (χ0) is 11.5. The van der Waals surface area contributed by atoms with E-state index in [1.54, 1.807) is 19.1 Å². The number of carbonyl (C=O) groups excluding carboxylic acids is 1. The molecule has 1 heterocycles. The number of hydrogen-bond acceptors (Lipinski definition) is 3. The van der Waals surface area contributed by atoms with Crippen molar-refractivity contribution in [2.45, 2.75) is 6.92 Å². The van der Waals surface area contributed by atoms with Crippen LogP contribution in [0.5, 0.6) is 0 Å². The van der Waals surface area contributed by atoms with E-state index in [-0.39, 0.29) is 17.3 Å². The van der Waals surface area contributed by atoms with Crippen LogP contribution in [0, 0.1) is 12.7 Å². The van der Waals surface area contributed by atoms with E-state index in [1.807, 2.05) is 0 Å². The monoisotopic (exact) mass is 216 g/mol. The van der Waals surface area contributed by atoms with E-state index in [9.17, 15) is 9.18 Å². The van der Waals surface area contributed by atoms with Crippen molar-refractivity contribution >= 4 is 6.29 Å². The molecule has 2 aromatic rings. The van der Waals surface area contributed by atoms with Crippen LogP contribution in [0.4, 0.5) is 4.39 Å². The number of halogens is 1. The summed E-state index contributed by atoms with van der Waals surface area (Å²) in [6, 6.07) is 6.22. The van der Waals surface area contributed by atoms with Crippen molar-refractivity contribution in [3.63, 3.8) is 0 Å². The molecule has 0 amide bonds. The number of nitrogens with zero attached hydrogens (tertiary/aromatic N) is 2. The summed E-state index contributed by atoms with van der Waals surface area (Å²) in [6.45, 7) is 1.77. The van der Waals surface area contributed by atoms with Gasteiger partial charge in [0.15, 0.2) is 12.1 Å². The number of benzene rings is 1. The molecule has 0 N–H and O–H groups in total. The number of aromatic nitrogens is 2. The van der Waals surface area contributed by atoms with E-state index in [0.717, 1.165) is 5.56 Å². The van der Waals surface area contributed by atoms with Crippen LogP contribution in [0.15, 0.2) is 30.5 Å². The highest BCUT2D eigenvalue weighted by Gasteiger charge is 2.10. The zero-order valence-corrected chi connectivity index (χ0v) is 8.64. The van der Waals surface area contributed by atoms with Crippen molar-refractivity contribution in [3.8, 4) is 11.4 Å². The molecule has 1 aromatic heterocycles. The van der Waals surface area contributed by atoms with Crippen molar-refractivity contribution in [1.82, 2.24) is 9.97 Å². The Labute approximate surface area is 92.0 Å². The molecule has 0 atom stereocenters. The number of rotatable bonds is 2. The summed E-state index contributed by atoms with van der Waals surface area (Å²) < 4.78 is 13.6. The third-order valence-corrected chi connectivity index (χ3v) is 2.24. The number of carbonyl (C=O) groups is 1. The highest BCUT2D eigenvalue weighted by Crippen LogP contribution is 2.22. The van der Waals surface area contributed by atoms with Crippen molar-refractivity contribution < 1.29 is 9.18 Å². The second-order valence-corrected chi connectivity index (χ2v) is 3.35. The van der Waals surface area contributed by atoms with Gasteiger partial charge in [-0.1, -0.05) is 12.1 Å². The summed E-state index contributed by atoms with van der Waals surface area (Å²) in [5, 5.41) is 0. The fraction of sp³-hybridized carbons (Fsp3) is 0.0833. The second-order valence-electron chi connectivity index (χ2n) is 3.35. The van der Waals surface area contributed by atoms with Crippen molar-refractivity contribution in [3.05, 3.63) is 47.5 Å². The minimum absolute atomic E-state index is 0.236. The summed E-state index contributed by atoms with van der Waals surface area (Å²) in [6.07, 6.45) is 2.05. The van der Waals surface area contributed by atoms with Crippen molar-refractivity contribution in [2.24, 2.45) is 0 Å². The third-order valence-electron chi connectivity index (χ3n) is 2.24. The van der Waals surface area contributed by atoms with Gasteiger partial charge in [-0.15, -0.1) is 0 Å². The third kappa shape index (κ3) is 1.82. The van der Waals surface area contributed by atoms with Gasteiger partial charge in [0, 0.05) is 6.20 Å². The lowest BCUT2D eigenvalue weighted by Crippen LogP contribution is -1.97. The Morgan fingerprint density at radius 1 is 1.31 bits per heavy atom. The van der Waals surface area contributed by atoms with Crippen LogP contribution in [0.1, 0.15) is 16.1 Å². The number of aldehydes is 1. The standard InChI is InChI=1S/C12H9FN2O/c1-8-3-2-4-10(13)11(8)12-14-6-5-9(7-16)15-12/h2-7H,1H3. The topological polar surface area (TPSA) is 42.9 Å². The Balaban J connectivity index is 2.62. The first kappa shape index (κ1) is 10.4. The maximum absolute atomic E-state index is 13.6. The highest BCUT2D eigenvalue weighted by atomic mass is 19.1. The molecule has 0 aliphatic rings. The molecule has 0 aliphatic carbocycles. The molecular weight excluding hydrogens is 207 g/mol. The average Bonchev–Trinajstić information content (AvgIpc) is 2.29. The first-order valence-corrected chi connectivity index (χ1v) is 4.76. The fourth-order valence-electron chi connectivity index (χ4n) is 1.47. The van der Waals surface area contributed by atoms with E-state index in [2.05, 4.69) is 9.97 Å². The molecule has 0 fully saturated rings. The summed E-state index contributed by atoms with van der Waals surface area (Å²) in [5.41, 5.74) is 1.32. The number of aryl methyl sites for hydroxylation is 1. The van der Waals surface area contributed by atoms with Gasteiger partial charge in [-0.3, -0.25) is 4.79 Å². The lowest BCUT2D eigenvalue weighted by molar-refractivity contribution is 0.111. The first-order chi connectivity index (χ1) is 7.72. The van der Waals surface area contributed by atoms with Gasteiger partial charge < -0.3 is 0 Å². The average molecular weight is 216 g/mol. The molecule has 4 heteroatoms. The quantitative estimate of drug-likeness (QED) is 0.724. The van der Waals surface area contributed by atoms with Gasteiger partial charge in [-0.2, -0.15) is 0 Å². The summed E-state index contributed by atoms with van der Waals surface area (Å²) in [4.78, 5) is 18.5. The van der Waals surface area contributed by atoms with Gasteiger partial charge in [0.05, 0.1) is 5.56 Å². The SMILES string of the molecule is Cc1cccc(F)c1-c1nccc(C=O)n1. The molecule has 1 aromatic carbocycles.